The molecule has 0 aliphatic carbocycles. The summed E-state index contributed by atoms with van der Waals surface area (Å²) < 4.78 is 0. The van der Waals surface area contributed by atoms with E-state index in [0.717, 1.165) is 0 Å². The van der Waals surface area contributed by atoms with Crippen LogP contribution in [0.5, 0.6) is 0 Å². The minimum atomic E-state index is -1.16. The van der Waals surface area contributed by atoms with E-state index in [1.807, 2.05) is 0 Å². The Morgan fingerprint density at radius 2 is 1.95 bits per heavy atom. The molecular weight excluding hydrogens is 315 g/mol. The SMILES string of the molecule is O=C(Cc1ccc(Cl)cc1Cl)Nc1ccnc(C(=O)O)c1. The standard InChI is InChI=1S/C14H10Cl2N2O3/c15-9-2-1-8(11(16)6-9)5-13(19)18-10-3-4-17-12(7-10)14(20)21/h1-4,6-7H,5H2,(H,20,21)(H,17,18,19). The zero-order valence-corrected chi connectivity index (χ0v) is 12.1. The maximum absolute atomic E-state index is 11.9. The number of carbonyl (C=O) groups is 2. The van der Waals surface area contributed by atoms with Crippen molar-refractivity contribution in [1.82, 2.24) is 4.98 Å². The van der Waals surface area contributed by atoms with Gasteiger partial charge in [-0.15, -0.1) is 0 Å². The van der Waals surface area contributed by atoms with Crippen molar-refractivity contribution in [2.75, 3.05) is 5.32 Å². The highest BCUT2D eigenvalue weighted by Gasteiger charge is 2.10. The van der Waals surface area contributed by atoms with Crippen LogP contribution < -0.4 is 5.32 Å². The maximum atomic E-state index is 11.9. The third-order valence-electron chi connectivity index (χ3n) is 2.63. The Morgan fingerprint density at radius 1 is 1.19 bits per heavy atom. The van der Waals surface area contributed by atoms with Crippen LogP contribution in [0.15, 0.2) is 36.5 Å². The van der Waals surface area contributed by atoms with E-state index in [2.05, 4.69) is 10.3 Å². The highest BCUT2D eigenvalue weighted by atomic mass is 35.5. The summed E-state index contributed by atoms with van der Waals surface area (Å²) in [4.78, 5) is 26.4. The number of benzene rings is 1. The van der Waals surface area contributed by atoms with Crippen LogP contribution in [-0.2, 0) is 11.2 Å². The number of pyridine rings is 1. The summed E-state index contributed by atoms with van der Waals surface area (Å²) >= 11 is 11.8. The number of aromatic nitrogens is 1. The lowest BCUT2D eigenvalue weighted by Gasteiger charge is -2.07. The van der Waals surface area contributed by atoms with E-state index in [4.69, 9.17) is 28.3 Å². The van der Waals surface area contributed by atoms with E-state index >= 15 is 0 Å². The second-order valence-electron chi connectivity index (χ2n) is 4.20. The highest BCUT2D eigenvalue weighted by Crippen LogP contribution is 2.21. The summed E-state index contributed by atoms with van der Waals surface area (Å²) in [6, 6.07) is 7.66. The fraction of sp³-hybridized carbons (Fsp3) is 0.0714. The quantitative estimate of drug-likeness (QED) is 0.904. The predicted octanol–water partition coefficient (Wildman–Crippen LogP) is 3.27. The normalized spacial score (nSPS) is 10.2. The van der Waals surface area contributed by atoms with Gasteiger partial charge in [0.05, 0.1) is 6.42 Å². The number of halogens is 2. The Balaban J connectivity index is 2.08. The number of carboxylic acids is 1. The fourth-order valence-corrected chi connectivity index (χ4v) is 2.14. The van der Waals surface area contributed by atoms with Crippen LogP contribution in [0.25, 0.3) is 0 Å². The molecule has 0 aliphatic heterocycles. The second-order valence-corrected chi connectivity index (χ2v) is 5.04. The summed E-state index contributed by atoms with van der Waals surface area (Å²) in [7, 11) is 0. The smallest absolute Gasteiger partial charge is 0.354 e. The number of carboxylic acid groups (broad SMARTS) is 1. The van der Waals surface area contributed by atoms with Crippen molar-refractivity contribution in [2.24, 2.45) is 0 Å². The summed E-state index contributed by atoms with van der Waals surface area (Å²) in [6.07, 6.45) is 1.37. The van der Waals surface area contributed by atoms with Gasteiger partial charge in [0.1, 0.15) is 5.69 Å². The van der Waals surface area contributed by atoms with E-state index in [1.165, 1.54) is 18.3 Å². The Kier molecular flexibility index (Phi) is 4.77. The van der Waals surface area contributed by atoms with Gasteiger partial charge in [-0.25, -0.2) is 9.78 Å². The van der Waals surface area contributed by atoms with Crippen LogP contribution in [0.3, 0.4) is 0 Å². The molecule has 2 N–H and O–H groups in total. The summed E-state index contributed by atoms with van der Waals surface area (Å²) in [5.41, 5.74) is 0.848. The molecule has 0 fully saturated rings. The minimum absolute atomic E-state index is 0.0563. The lowest BCUT2D eigenvalue weighted by molar-refractivity contribution is -0.115. The van der Waals surface area contributed by atoms with Crippen molar-refractivity contribution in [2.45, 2.75) is 6.42 Å². The third-order valence-corrected chi connectivity index (χ3v) is 3.22. The van der Waals surface area contributed by atoms with E-state index in [-0.39, 0.29) is 18.0 Å². The summed E-state index contributed by atoms with van der Waals surface area (Å²) in [6.45, 7) is 0. The number of carbonyl (C=O) groups excluding carboxylic acids is 1. The fourth-order valence-electron chi connectivity index (χ4n) is 1.67. The molecule has 108 valence electrons. The molecule has 0 bridgehead atoms. The molecule has 0 spiro atoms. The molecule has 21 heavy (non-hydrogen) atoms. The van der Waals surface area contributed by atoms with Crippen LogP contribution >= 0.6 is 23.2 Å². The van der Waals surface area contributed by atoms with Crippen molar-refractivity contribution in [3.63, 3.8) is 0 Å². The molecule has 1 aromatic heterocycles. The van der Waals surface area contributed by atoms with Gasteiger partial charge in [0.25, 0.3) is 0 Å². The molecule has 2 rings (SSSR count). The Morgan fingerprint density at radius 3 is 2.62 bits per heavy atom. The Labute approximate surface area is 130 Å². The van der Waals surface area contributed by atoms with Gasteiger partial charge in [0, 0.05) is 21.9 Å². The molecule has 0 aliphatic rings. The first-order chi connectivity index (χ1) is 9.95. The number of aromatic carboxylic acids is 1. The van der Waals surface area contributed by atoms with E-state index in [1.54, 1.807) is 18.2 Å². The molecule has 1 aromatic carbocycles. The first-order valence-electron chi connectivity index (χ1n) is 5.89. The summed E-state index contributed by atoms with van der Waals surface area (Å²) in [5, 5.41) is 12.3. The number of nitrogens with zero attached hydrogens (tertiary/aromatic N) is 1. The number of rotatable bonds is 4. The van der Waals surface area contributed by atoms with Crippen LogP contribution in [0.4, 0.5) is 5.69 Å². The minimum Gasteiger partial charge on any atom is -0.477 e. The predicted molar refractivity (Wildman–Crippen MR) is 80.0 cm³/mol. The van der Waals surface area contributed by atoms with Gasteiger partial charge < -0.3 is 10.4 Å². The average molecular weight is 325 g/mol. The van der Waals surface area contributed by atoms with E-state index in [0.29, 0.717) is 21.3 Å². The van der Waals surface area contributed by atoms with Crippen LogP contribution in [0.2, 0.25) is 10.0 Å². The molecule has 1 heterocycles. The molecule has 0 unspecified atom stereocenters. The lowest BCUT2D eigenvalue weighted by Crippen LogP contribution is -2.15. The van der Waals surface area contributed by atoms with Gasteiger partial charge in [-0.1, -0.05) is 29.3 Å². The molecule has 2 aromatic rings. The van der Waals surface area contributed by atoms with E-state index in [9.17, 15) is 9.59 Å². The number of amides is 1. The number of hydrogen-bond donors (Lipinski definition) is 2. The maximum Gasteiger partial charge on any atom is 0.354 e. The van der Waals surface area contributed by atoms with Crippen molar-refractivity contribution in [1.29, 1.82) is 0 Å². The van der Waals surface area contributed by atoms with Crippen molar-refractivity contribution in [3.8, 4) is 0 Å². The molecule has 0 radical (unpaired) electrons. The van der Waals surface area contributed by atoms with Gasteiger partial charge in [-0.05, 0) is 29.8 Å². The highest BCUT2D eigenvalue weighted by molar-refractivity contribution is 6.35. The van der Waals surface area contributed by atoms with Crippen molar-refractivity contribution in [3.05, 3.63) is 57.8 Å². The Bertz CT molecular complexity index is 704. The molecule has 7 heteroatoms. The molecule has 0 atom stereocenters. The lowest BCUT2D eigenvalue weighted by atomic mass is 10.1. The summed E-state index contributed by atoms with van der Waals surface area (Å²) in [5.74, 6) is -1.48. The first kappa shape index (κ1) is 15.3. The monoisotopic (exact) mass is 324 g/mol. The topological polar surface area (TPSA) is 79.3 Å². The average Bonchev–Trinajstić information content (AvgIpc) is 2.42. The molecule has 0 saturated carbocycles. The molecular formula is C14H10Cl2N2O3. The number of nitrogens with one attached hydrogen (secondary N) is 1. The second kappa shape index (κ2) is 6.56. The molecule has 0 saturated heterocycles. The zero-order chi connectivity index (χ0) is 15.4. The molecule has 1 amide bonds. The largest absolute Gasteiger partial charge is 0.477 e. The van der Waals surface area contributed by atoms with Crippen molar-refractivity contribution < 1.29 is 14.7 Å². The van der Waals surface area contributed by atoms with E-state index < -0.39 is 5.97 Å². The third kappa shape index (κ3) is 4.18. The Hall–Kier alpha value is -2.11. The van der Waals surface area contributed by atoms with Crippen molar-refractivity contribution >= 4 is 40.8 Å². The van der Waals surface area contributed by atoms with Gasteiger partial charge >= 0.3 is 5.97 Å². The van der Waals surface area contributed by atoms with Gasteiger partial charge in [0.2, 0.25) is 5.91 Å². The van der Waals surface area contributed by atoms with Crippen LogP contribution in [0, 0.1) is 0 Å². The molecule has 5 nitrogen and oxygen atoms in total. The first-order valence-corrected chi connectivity index (χ1v) is 6.64. The van der Waals surface area contributed by atoms with Crippen LogP contribution in [0.1, 0.15) is 16.1 Å². The van der Waals surface area contributed by atoms with Gasteiger partial charge in [0.15, 0.2) is 0 Å². The number of hydrogen-bond acceptors (Lipinski definition) is 3. The van der Waals surface area contributed by atoms with Gasteiger partial charge in [-0.3, -0.25) is 4.79 Å². The van der Waals surface area contributed by atoms with Crippen LogP contribution in [-0.4, -0.2) is 22.0 Å². The number of anilines is 1. The van der Waals surface area contributed by atoms with Gasteiger partial charge in [-0.2, -0.15) is 0 Å². The zero-order valence-electron chi connectivity index (χ0n) is 10.6.